The molecule has 18 heavy (non-hydrogen) atoms. The lowest BCUT2D eigenvalue weighted by Gasteiger charge is -2.23. The molecule has 2 unspecified atom stereocenters. The highest BCUT2D eigenvalue weighted by molar-refractivity contribution is 5.22. The molecule has 1 aromatic carbocycles. The Morgan fingerprint density at radius 3 is 2.83 bits per heavy atom. The van der Waals surface area contributed by atoms with Gasteiger partial charge < -0.3 is 10.5 Å². The van der Waals surface area contributed by atoms with Crippen LogP contribution in [0, 0.1) is 23.1 Å². The number of ether oxygens (including phenoxy) is 1. The number of hydrogen-bond acceptors (Lipinski definition) is 3. The van der Waals surface area contributed by atoms with E-state index in [9.17, 15) is 4.39 Å². The van der Waals surface area contributed by atoms with E-state index in [1.54, 1.807) is 12.1 Å². The Hall–Kier alpha value is -1.60. The molecule has 1 aliphatic carbocycles. The molecule has 1 aromatic rings. The van der Waals surface area contributed by atoms with E-state index in [0.29, 0.717) is 12.4 Å². The summed E-state index contributed by atoms with van der Waals surface area (Å²) in [5.41, 5.74) is 5.35. The molecule has 0 heterocycles. The molecule has 3 nitrogen and oxygen atoms in total. The first-order valence-corrected chi connectivity index (χ1v) is 6.22. The van der Waals surface area contributed by atoms with Crippen molar-refractivity contribution < 1.29 is 9.13 Å². The van der Waals surface area contributed by atoms with E-state index < -0.39 is 5.54 Å². The number of halogens is 1. The molecule has 1 saturated carbocycles. The van der Waals surface area contributed by atoms with Gasteiger partial charge in [-0.3, -0.25) is 0 Å². The van der Waals surface area contributed by atoms with Gasteiger partial charge in [-0.05, 0) is 49.4 Å². The van der Waals surface area contributed by atoms with Gasteiger partial charge in [-0.15, -0.1) is 0 Å². The minimum absolute atomic E-state index is 0.197. The maximum atomic E-state index is 12.7. The van der Waals surface area contributed by atoms with Gasteiger partial charge in [-0.2, -0.15) is 5.26 Å². The zero-order valence-electron chi connectivity index (χ0n) is 10.2. The van der Waals surface area contributed by atoms with Crippen LogP contribution in [0.4, 0.5) is 4.39 Å². The van der Waals surface area contributed by atoms with Crippen molar-refractivity contribution in [1.29, 1.82) is 5.26 Å². The van der Waals surface area contributed by atoms with Crippen LogP contribution in [0.5, 0.6) is 5.75 Å². The Kier molecular flexibility index (Phi) is 3.83. The van der Waals surface area contributed by atoms with Crippen molar-refractivity contribution in [3.8, 4) is 11.8 Å². The molecule has 96 valence electrons. The van der Waals surface area contributed by atoms with E-state index in [1.165, 1.54) is 12.1 Å². The lowest BCUT2D eigenvalue weighted by atomic mass is 9.87. The van der Waals surface area contributed by atoms with Crippen LogP contribution in [0.15, 0.2) is 24.3 Å². The molecule has 1 fully saturated rings. The number of hydrogen-bond donors (Lipinski definition) is 1. The van der Waals surface area contributed by atoms with Gasteiger partial charge in [-0.25, -0.2) is 4.39 Å². The monoisotopic (exact) mass is 248 g/mol. The topological polar surface area (TPSA) is 59.0 Å². The second-order valence-electron chi connectivity index (χ2n) is 4.83. The maximum Gasteiger partial charge on any atom is 0.123 e. The lowest BCUT2D eigenvalue weighted by Crippen LogP contribution is -2.42. The summed E-state index contributed by atoms with van der Waals surface area (Å²) in [6, 6.07) is 8.16. The molecule has 0 aliphatic heterocycles. The van der Waals surface area contributed by atoms with E-state index >= 15 is 0 Å². The van der Waals surface area contributed by atoms with Crippen LogP contribution in [0.2, 0.25) is 0 Å². The third kappa shape index (κ3) is 2.80. The highest BCUT2D eigenvalue weighted by Crippen LogP contribution is 2.35. The smallest absolute Gasteiger partial charge is 0.123 e. The summed E-state index contributed by atoms with van der Waals surface area (Å²) in [6.07, 6.45) is 3.52. The van der Waals surface area contributed by atoms with Gasteiger partial charge in [0.05, 0.1) is 12.7 Å². The zero-order valence-corrected chi connectivity index (χ0v) is 10.2. The van der Waals surface area contributed by atoms with Crippen molar-refractivity contribution in [2.24, 2.45) is 11.7 Å². The number of nitriles is 1. The van der Waals surface area contributed by atoms with Crippen LogP contribution in [-0.4, -0.2) is 12.1 Å². The van der Waals surface area contributed by atoms with Gasteiger partial charge in [0.2, 0.25) is 0 Å². The summed E-state index contributed by atoms with van der Waals surface area (Å²) in [5, 5.41) is 9.09. The Balaban J connectivity index is 1.82. The summed E-state index contributed by atoms with van der Waals surface area (Å²) in [5.74, 6) is 0.570. The lowest BCUT2D eigenvalue weighted by molar-refractivity contribution is 0.254. The van der Waals surface area contributed by atoms with Crippen LogP contribution >= 0.6 is 0 Å². The molecule has 2 N–H and O–H groups in total. The normalized spacial score (nSPS) is 26.8. The fraction of sp³-hybridized carbons (Fsp3) is 0.500. The summed E-state index contributed by atoms with van der Waals surface area (Å²) in [7, 11) is 0. The Labute approximate surface area is 106 Å². The predicted octanol–water partition coefficient (Wildman–Crippen LogP) is 2.62. The largest absolute Gasteiger partial charge is 0.494 e. The third-order valence-electron chi connectivity index (χ3n) is 3.63. The van der Waals surface area contributed by atoms with E-state index in [-0.39, 0.29) is 11.7 Å². The van der Waals surface area contributed by atoms with Crippen LogP contribution < -0.4 is 10.5 Å². The van der Waals surface area contributed by atoms with Crippen LogP contribution in [0.3, 0.4) is 0 Å². The summed E-state index contributed by atoms with van der Waals surface area (Å²) in [6.45, 7) is 0.511. The van der Waals surface area contributed by atoms with Gasteiger partial charge in [0.25, 0.3) is 0 Å². The van der Waals surface area contributed by atoms with Gasteiger partial charge in [-0.1, -0.05) is 6.42 Å². The summed E-state index contributed by atoms with van der Waals surface area (Å²) < 4.78 is 18.2. The second-order valence-corrected chi connectivity index (χ2v) is 4.83. The van der Waals surface area contributed by atoms with Crippen molar-refractivity contribution in [3.63, 3.8) is 0 Å². The number of nitrogens with zero attached hydrogens (tertiary/aromatic N) is 1. The molecule has 0 spiro atoms. The Morgan fingerprint density at radius 1 is 1.44 bits per heavy atom. The van der Waals surface area contributed by atoms with Gasteiger partial charge >= 0.3 is 0 Å². The first kappa shape index (κ1) is 12.8. The average Bonchev–Trinajstić information content (AvgIpc) is 2.74. The SMILES string of the molecule is N#CC1(N)CCCC1CCOc1ccc(F)cc1. The minimum atomic E-state index is -0.688. The molecule has 0 radical (unpaired) electrons. The quantitative estimate of drug-likeness (QED) is 0.891. The standard InChI is InChI=1S/C14H17FN2O/c15-12-3-5-13(6-4-12)18-9-7-11-2-1-8-14(11,17)10-16/h3-6,11H,1-2,7-9,17H2. The van der Waals surface area contributed by atoms with Crippen molar-refractivity contribution in [3.05, 3.63) is 30.1 Å². The van der Waals surface area contributed by atoms with Crippen LogP contribution in [0.1, 0.15) is 25.7 Å². The fourth-order valence-corrected chi connectivity index (χ4v) is 2.50. The van der Waals surface area contributed by atoms with E-state index in [1.807, 2.05) is 0 Å². The van der Waals surface area contributed by atoms with Gasteiger partial charge in [0.1, 0.15) is 17.1 Å². The van der Waals surface area contributed by atoms with Crippen molar-refractivity contribution in [2.75, 3.05) is 6.61 Å². The molecule has 2 atom stereocenters. The average molecular weight is 248 g/mol. The first-order valence-electron chi connectivity index (χ1n) is 6.22. The highest BCUT2D eigenvalue weighted by Gasteiger charge is 2.39. The summed E-state index contributed by atoms with van der Waals surface area (Å²) >= 11 is 0. The van der Waals surface area contributed by atoms with Crippen LogP contribution in [-0.2, 0) is 0 Å². The number of rotatable bonds is 4. The number of benzene rings is 1. The zero-order chi connectivity index (χ0) is 13.0. The van der Waals surface area contributed by atoms with Crippen molar-refractivity contribution in [1.82, 2.24) is 0 Å². The third-order valence-corrected chi connectivity index (χ3v) is 3.63. The highest BCUT2D eigenvalue weighted by atomic mass is 19.1. The van der Waals surface area contributed by atoms with Crippen molar-refractivity contribution >= 4 is 0 Å². The molecule has 4 heteroatoms. The van der Waals surface area contributed by atoms with Gasteiger partial charge in [0.15, 0.2) is 0 Å². The maximum absolute atomic E-state index is 12.7. The number of nitrogens with two attached hydrogens (primary N) is 1. The summed E-state index contributed by atoms with van der Waals surface area (Å²) in [4.78, 5) is 0. The molecule has 0 bridgehead atoms. The molecule has 2 rings (SSSR count). The molecular formula is C14H17FN2O. The molecule has 0 saturated heterocycles. The Morgan fingerprint density at radius 2 is 2.17 bits per heavy atom. The predicted molar refractivity (Wildman–Crippen MR) is 66.4 cm³/mol. The van der Waals surface area contributed by atoms with Crippen molar-refractivity contribution in [2.45, 2.75) is 31.2 Å². The molecule has 0 aromatic heterocycles. The van der Waals surface area contributed by atoms with E-state index in [2.05, 4.69) is 6.07 Å². The molecular weight excluding hydrogens is 231 g/mol. The van der Waals surface area contributed by atoms with Crippen LogP contribution in [0.25, 0.3) is 0 Å². The second kappa shape index (κ2) is 5.36. The van der Waals surface area contributed by atoms with E-state index in [0.717, 1.165) is 25.7 Å². The Bertz CT molecular complexity index is 440. The molecule has 1 aliphatic rings. The minimum Gasteiger partial charge on any atom is -0.494 e. The van der Waals surface area contributed by atoms with Gasteiger partial charge in [0, 0.05) is 0 Å². The first-order chi connectivity index (χ1) is 8.64. The molecule has 0 amide bonds. The fourth-order valence-electron chi connectivity index (χ4n) is 2.50. The van der Waals surface area contributed by atoms with E-state index in [4.69, 9.17) is 15.7 Å².